The quantitative estimate of drug-likeness (QED) is 0.821. The summed E-state index contributed by atoms with van der Waals surface area (Å²) in [4.78, 5) is 20.7. The summed E-state index contributed by atoms with van der Waals surface area (Å²) in [6, 6.07) is 2.40. The Morgan fingerprint density at radius 1 is 1.35 bits per heavy atom. The Balaban J connectivity index is 1.75. The molecule has 20 heavy (non-hydrogen) atoms. The van der Waals surface area contributed by atoms with Crippen LogP contribution in [-0.4, -0.2) is 55.2 Å². The van der Waals surface area contributed by atoms with E-state index < -0.39 is 5.97 Å². The van der Waals surface area contributed by atoms with E-state index in [1.807, 2.05) is 0 Å². The number of rotatable bonds is 3. The van der Waals surface area contributed by atoms with E-state index in [0.717, 1.165) is 32.2 Å². The highest BCUT2D eigenvalue weighted by molar-refractivity contribution is 5.97. The molecule has 1 aliphatic heterocycles. The Labute approximate surface area is 118 Å². The fraction of sp³-hybridized carbons (Fsp3) is 0.571. The summed E-state index contributed by atoms with van der Waals surface area (Å²) in [6.07, 6.45) is 4.28. The number of hydrogen-bond donors (Lipinski definition) is 1. The number of nitrogen functional groups attached to an aromatic ring is 1. The van der Waals surface area contributed by atoms with Crippen molar-refractivity contribution >= 4 is 17.5 Å². The lowest BCUT2D eigenvalue weighted by Gasteiger charge is -2.36. The molecule has 0 spiro atoms. The van der Waals surface area contributed by atoms with Crippen LogP contribution in [-0.2, 0) is 4.74 Å². The zero-order valence-corrected chi connectivity index (χ0v) is 11.7. The number of aromatic nitrogens is 1. The summed E-state index contributed by atoms with van der Waals surface area (Å²) >= 11 is 0. The highest BCUT2D eigenvalue weighted by Gasteiger charge is 2.32. The van der Waals surface area contributed by atoms with Gasteiger partial charge in [-0.3, -0.25) is 4.90 Å². The lowest BCUT2D eigenvalue weighted by Crippen LogP contribution is -2.47. The number of esters is 1. The number of anilines is 2. The fourth-order valence-electron chi connectivity index (χ4n) is 2.74. The molecule has 1 aromatic rings. The number of nitrogens with two attached hydrogens (primary N) is 1. The molecule has 6 heteroatoms. The van der Waals surface area contributed by atoms with Crippen molar-refractivity contribution in [3.8, 4) is 0 Å². The molecular weight excluding hydrogens is 256 g/mol. The van der Waals surface area contributed by atoms with Crippen LogP contribution in [0.2, 0.25) is 0 Å². The van der Waals surface area contributed by atoms with Gasteiger partial charge in [0.25, 0.3) is 0 Å². The highest BCUT2D eigenvalue weighted by atomic mass is 16.5. The predicted molar refractivity (Wildman–Crippen MR) is 76.8 cm³/mol. The maximum absolute atomic E-state index is 11.7. The first kappa shape index (κ1) is 13.2. The van der Waals surface area contributed by atoms with Gasteiger partial charge in [-0.2, -0.15) is 0 Å². The maximum atomic E-state index is 11.7. The first-order valence-electron chi connectivity index (χ1n) is 7.02. The van der Waals surface area contributed by atoms with Crippen molar-refractivity contribution < 1.29 is 9.53 Å². The molecule has 6 nitrogen and oxygen atoms in total. The third-order valence-electron chi connectivity index (χ3n) is 4.05. The van der Waals surface area contributed by atoms with Crippen molar-refractivity contribution in [2.45, 2.75) is 18.9 Å². The molecule has 2 N–H and O–H groups in total. The molecule has 0 amide bonds. The standard InChI is InChI=1S/C14H20N4O2/c1-20-14(19)11-4-5-16-13(12(11)15)18-8-6-17(7-9-18)10-2-3-10/h4-5,10H,2-3,6-9,15H2,1H3. The molecule has 2 heterocycles. The van der Waals surface area contributed by atoms with Crippen molar-refractivity contribution in [2.75, 3.05) is 43.9 Å². The number of carbonyl (C=O) groups excluding carboxylic acids is 1. The fourth-order valence-corrected chi connectivity index (χ4v) is 2.74. The molecule has 1 saturated heterocycles. The van der Waals surface area contributed by atoms with Gasteiger partial charge in [-0.05, 0) is 18.9 Å². The second-order valence-electron chi connectivity index (χ2n) is 5.34. The maximum Gasteiger partial charge on any atom is 0.340 e. The normalized spacial score (nSPS) is 19.9. The van der Waals surface area contributed by atoms with Crippen molar-refractivity contribution in [3.05, 3.63) is 17.8 Å². The van der Waals surface area contributed by atoms with Gasteiger partial charge in [0.15, 0.2) is 5.82 Å². The molecule has 108 valence electrons. The summed E-state index contributed by atoms with van der Waals surface area (Å²) < 4.78 is 4.74. The first-order valence-corrected chi connectivity index (χ1v) is 7.02. The van der Waals surface area contributed by atoms with Gasteiger partial charge in [-0.25, -0.2) is 9.78 Å². The number of carbonyl (C=O) groups is 1. The van der Waals surface area contributed by atoms with Crippen LogP contribution in [0.4, 0.5) is 11.5 Å². The van der Waals surface area contributed by atoms with E-state index in [-0.39, 0.29) is 0 Å². The van der Waals surface area contributed by atoms with Crippen molar-refractivity contribution in [1.29, 1.82) is 0 Å². The molecule has 0 radical (unpaired) electrons. The van der Waals surface area contributed by atoms with E-state index in [2.05, 4.69) is 14.8 Å². The minimum atomic E-state index is -0.414. The smallest absolute Gasteiger partial charge is 0.340 e. The van der Waals surface area contributed by atoms with Crippen LogP contribution in [0.25, 0.3) is 0 Å². The van der Waals surface area contributed by atoms with Crippen LogP contribution in [0.1, 0.15) is 23.2 Å². The largest absolute Gasteiger partial charge is 0.465 e. The lowest BCUT2D eigenvalue weighted by atomic mass is 10.2. The van der Waals surface area contributed by atoms with Gasteiger partial charge in [0.2, 0.25) is 0 Å². The summed E-state index contributed by atoms with van der Waals surface area (Å²) in [5.74, 6) is 0.283. The van der Waals surface area contributed by atoms with Crippen LogP contribution in [0, 0.1) is 0 Å². The lowest BCUT2D eigenvalue weighted by molar-refractivity contribution is 0.0602. The van der Waals surface area contributed by atoms with E-state index in [9.17, 15) is 4.79 Å². The second kappa shape index (κ2) is 5.28. The zero-order valence-electron chi connectivity index (χ0n) is 11.7. The zero-order chi connectivity index (χ0) is 14.1. The molecule has 0 atom stereocenters. The number of hydrogen-bond acceptors (Lipinski definition) is 6. The van der Waals surface area contributed by atoms with Gasteiger partial charge >= 0.3 is 5.97 Å². The second-order valence-corrected chi connectivity index (χ2v) is 5.34. The molecule has 0 aromatic carbocycles. The minimum Gasteiger partial charge on any atom is -0.465 e. The number of methoxy groups -OCH3 is 1. The van der Waals surface area contributed by atoms with Gasteiger partial charge in [0.1, 0.15) is 0 Å². The average Bonchev–Trinajstić information content (AvgIpc) is 3.32. The number of nitrogens with zero attached hydrogens (tertiary/aromatic N) is 3. The van der Waals surface area contributed by atoms with Crippen molar-refractivity contribution in [2.24, 2.45) is 0 Å². The Hall–Kier alpha value is -1.82. The molecule has 1 aliphatic carbocycles. The molecule has 1 saturated carbocycles. The number of piperazine rings is 1. The third-order valence-corrected chi connectivity index (χ3v) is 4.05. The van der Waals surface area contributed by atoms with Gasteiger partial charge < -0.3 is 15.4 Å². The van der Waals surface area contributed by atoms with Crippen LogP contribution in [0.15, 0.2) is 12.3 Å². The van der Waals surface area contributed by atoms with Crippen molar-refractivity contribution in [3.63, 3.8) is 0 Å². The first-order chi connectivity index (χ1) is 9.70. The van der Waals surface area contributed by atoms with E-state index in [4.69, 9.17) is 10.5 Å². The molecule has 2 fully saturated rings. The van der Waals surface area contributed by atoms with Crippen LogP contribution < -0.4 is 10.6 Å². The monoisotopic (exact) mass is 276 g/mol. The number of pyridine rings is 1. The van der Waals surface area contributed by atoms with Gasteiger partial charge in [-0.1, -0.05) is 0 Å². The molecule has 3 rings (SSSR count). The van der Waals surface area contributed by atoms with Crippen LogP contribution in [0.3, 0.4) is 0 Å². The Morgan fingerprint density at radius 3 is 2.65 bits per heavy atom. The van der Waals surface area contributed by atoms with E-state index in [1.165, 1.54) is 20.0 Å². The Bertz CT molecular complexity index is 508. The van der Waals surface area contributed by atoms with Crippen LogP contribution >= 0.6 is 0 Å². The number of ether oxygens (including phenoxy) is 1. The van der Waals surface area contributed by atoms with Gasteiger partial charge in [0.05, 0.1) is 18.4 Å². The summed E-state index contributed by atoms with van der Waals surface area (Å²) in [5.41, 5.74) is 6.89. The molecule has 1 aromatic heterocycles. The molecular formula is C14H20N4O2. The van der Waals surface area contributed by atoms with Gasteiger partial charge in [-0.15, -0.1) is 0 Å². The summed E-state index contributed by atoms with van der Waals surface area (Å²) in [6.45, 7) is 3.87. The van der Waals surface area contributed by atoms with E-state index >= 15 is 0 Å². The molecule has 0 bridgehead atoms. The van der Waals surface area contributed by atoms with E-state index in [0.29, 0.717) is 17.1 Å². The molecule has 2 aliphatic rings. The topological polar surface area (TPSA) is 71.7 Å². The summed E-state index contributed by atoms with van der Waals surface area (Å²) in [7, 11) is 1.36. The van der Waals surface area contributed by atoms with Crippen LogP contribution in [0.5, 0.6) is 0 Å². The summed E-state index contributed by atoms with van der Waals surface area (Å²) in [5, 5.41) is 0. The Morgan fingerprint density at radius 2 is 2.05 bits per heavy atom. The van der Waals surface area contributed by atoms with Gasteiger partial charge in [0, 0.05) is 38.4 Å². The third kappa shape index (κ3) is 2.43. The highest BCUT2D eigenvalue weighted by Crippen LogP contribution is 2.30. The SMILES string of the molecule is COC(=O)c1ccnc(N2CCN(C3CC3)CC2)c1N. The minimum absolute atomic E-state index is 0.391. The average molecular weight is 276 g/mol. The Kier molecular flexibility index (Phi) is 3.48. The van der Waals surface area contributed by atoms with E-state index in [1.54, 1.807) is 12.3 Å². The molecule has 0 unspecified atom stereocenters. The van der Waals surface area contributed by atoms with Crippen molar-refractivity contribution in [1.82, 2.24) is 9.88 Å². The predicted octanol–water partition coefficient (Wildman–Crippen LogP) is 0.735.